The van der Waals surface area contributed by atoms with Crippen LogP contribution in [-0.2, 0) is 18.4 Å². The number of aromatic nitrogens is 2. The van der Waals surface area contributed by atoms with Gasteiger partial charge in [-0.1, -0.05) is 12.1 Å². The fourth-order valence-corrected chi connectivity index (χ4v) is 1.81. The van der Waals surface area contributed by atoms with Crippen LogP contribution in [0.2, 0.25) is 0 Å². The number of benzene rings is 1. The first kappa shape index (κ1) is 13.9. The van der Waals surface area contributed by atoms with Crippen LogP contribution >= 0.6 is 0 Å². The second-order valence-corrected chi connectivity index (χ2v) is 4.72. The Hall–Kier alpha value is -2.56. The quantitative estimate of drug-likeness (QED) is 0.679. The van der Waals surface area contributed by atoms with E-state index >= 15 is 0 Å². The molecule has 2 N–H and O–H groups in total. The Morgan fingerprint density at radius 2 is 2.10 bits per heavy atom. The van der Waals surface area contributed by atoms with Crippen molar-refractivity contribution in [3.63, 3.8) is 0 Å². The van der Waals surface area contributed by atoms with E-state index in [-0.39, 0.29) is 5.91 Å². The number of rotatable bonds is 4. The number of hydrogen-bond acceptors (Lipinski definition) is 3. The molecule has 0 fully saturated rings. The first-order chi connectivity index (χ1) is 9.54. The van der Waals surface area contributed by atoms with Crippen LogP contribution < -0.4 is 5.73 Å². The molecule has 104 valence electrons. The van der Waals surface area contributed by atoms with E-state index in [0.29, 0.717) is 12.2 Å². The molecule has 0 unspecified atom stereocenters. The lowest BCUT2D eigenvalue weighted by Crippen LogP contribution is -2.23. The minimum absolute atomic E-state index is 0.0503. The second kappa shape index (κ2) is 6.06. The number of amides is 1. The molecule has 0 aliphatic carbocycles. The van der Waals surface area contributed by atoms with Crippen LogP contribution in [0.25, 0.3) is 6.08 Å². The molecular formula is C15H18N4O. The van der Waals surface area contributed by atoms with Gasteiger partial charge in [0.05, 0.1) is 6.20 Å². The van der Waals surface area contributed by atoms with Crippen molar-refractivity contribution in [2.45, 2.75) is 6.54 Å². The summed E-state index contributed by atoms with van der Waals surface area (Å²) in [6, 6.07) is 7.37. The number of anilines is 1. The van der Waals surface area contributed by atoms with Crippen LogP contribution in [0.3, 0.4) is 0 Å². The number of hydrogen-bond donors (Lipinski definition) is 1. The van der Waals surface area contributed by atoms with Gasteiger partial charge in [0.15, 0.2) is 0 Å². The predicted molar refractivity (Wildman–Crippen MR) is 79.6 cm³/mol. The lowest BCUT2D eigenvalue weighted by molar-refractivity contribution is -0.125. The van der Waals surface area contributed by atoms with E-state index in [1.165, 1.54) is 0 Å². The Morgan fingerprint density at radius 1 is 1.40 bits per heavy atom. The SMILES string of the molecule is CN(Cc1cnn(C)c1)C(=O)/C=C/c1ccc(N)cc1. The summed E-state index contributed by atoms with van der Waals surface area (Å²) in [4.78, 5) is 13.6. The molecule has 2 aromatic rings. The van der Waals surface area contributed by atoms with Crippen molar-refractivity contribution in [1.29, 1.82) is 0 Å². The second-order valence-electron chi connectivity index (χ2n) is 4.72. The smallest absolute Gasteiger partial charge is 0.246 e. The van der Waals surface area contributed by atoms with Crippen LogP contribution in [0.1, 0.15) is 11.1 Å². The average molecular weight is 270 g/mol. The fourth-order valence-electron chi connectivity index (χ4n) is 1.81. The summed E-state index contributed by atoms with van der Waals surface area (Å²) < 4.78 is 1.72. The van der Waals surface area contributed by atoms with Crippen LogP contribution in [0.15, 0.2) is 42.7 Å². The summed E-state index contributed by atoms with van der Waals surface area (Å²) in [5, 5.41) is 4.08. The molecule has 2 rings (SSSR count). The van der Waals surface area contributed by atoms with Gasteiger partial charge in [-0.05, 0) is 23.8 Å². The number of nitrogens with two attached hydrogens (primary N) is 1. The molecule has 1 heterocycles. The maximum atomic E-state index is 12.0. The topological polar surface area (TPSA) is 64.2 Å². The average Bonchev–Trinajstić information content (AvgIpc) is 2.83. The molecule has 0 radical (unpaired) electrons. The molecule has 1 amide bonds. The number of likely N-dealkylation sites (N-methyl/N-ethyl adjacent to an activating group) is 1. The number of carbonyl (C=O) groups is 1. The van der Waals surface area contributed by atoms with E-state index in [1.807, 2.05) is 37.5 Å². The van der Waals surface area contributed by atoms with E-state index in [0.717, 1.165) is 11.1 Å². The minimum atomic E-state index is -0.0503. The van der Waals surface area contributed by atoms with E-state index in [2.05, 4.69) is 5.10 Å². The Balaban J connectivity index is 1.95. The first-order valence-electron chi connectivity index (χ1n) is 6.31. The first-order valence-corrected chi connectivity index (χ1v) is 6.31. The van der Waals surface area contributed by atoms with Gasteiger partial charge in [-0.15, -0.1) is 0 Å². The zero-order valence-electron chi connectivity index (χ0n) is 11.7. The van der Waals surface area contributed by atoms with E-state index in [9.17, 15) is 4.79 Å². The number of nitrogen functional groups attached to an aromatic ring is 1. The van der Waals surface area contributed by atoms with Gasteiger partial charge in [-0.2, -0.15) is 5.10 Å². The van der Waals surface area contributed by atoms with Crippen molar-refractivity contribution < 1.29 is 4.79 Å². The highest BCUT2D eigenvalue weighted by Gasteiger charge is 2.06. The van der Waals surface area contributed by atoms with Crippen LogP contribution in [-0.4, -0.2) is 27.6 Å². The molecule has 20 heavy (non-hydrogen) atoms. The summed E-state index contributed by atoms with van der Waals surface area (Å²) in [6.45, 7) is 0.540. The van der Waals surface area contributed by atoms with Crippen molar-refractivity contribution >= 4 is 17.7 Å². The summed E-state index contributed by atoms with van der Waals surface area (Å²) >= 11 is 0. The third-order valence-corrected chi connectivity index (χ3v) is 2.91. The van der Waals surface area contributed by atoms with Gasteiger partial charge in [0, 0.05) is 44.2 Å². The normalized spacial score (nSPS) is 10.9. The van der Waals surface area contributed by atoms with Crippen molar-refractivity contribution in [3.8, 4) is 0 Å². The van der Waals surface area contributed by atoms with Crippen molar-refractivity contribution in [2.75, 3.05) is 12.8 Å². The Morgan fingerprint density at radius 3 is 2.70 bits per heavy atom. The van der Waals surface area contributed by atoms with Gasteiger partial charge in [0.2, 0.25) is 5.91 Å². The van der Waals surface area contributed by atoms with Gasteiger partial charge < -0.3 is 10.6 Å². The van der Waals surface area contributed by atoms with Gasteiger partial charge in [-0.3, -0.25) is 9.48 Å². The number of nitrogens with zero attached hydrogens (tertiary/aromatic N) is 3. The molecule has 0 aliphatic heterocycles. The predicted octanol–water partition coefficient (Wildman–Crippen LogP) is 1.67. The van der Waals surface area contributed by atoms with Gasteiger partial charge in [-0.25, -0.2) is 0 Å². The zero-order valence-corrected chi connectivity index (χ0v) is 11.7. The summed E-state index contributed by atoms with van der Waals surface area (Å²) in [6.07, 6.45) is 6.99. The molecule has 0 saturated carbocycles. The highest BCUT2D eigenvalue weighted by Crippen LogP contribution is 2.08. The van der Waals surface area contributed by atoms with E-state index in [4.69, 9.17) is 5.73 Å². The molecule has 1 aromatic heterocycles. The molecule has 5 nitrogen and oxygen atoms in total. The molecule has 5 heteroatoms. The summed E-state index contributed by atoms with van der Waals surface area (Å²) in [5.74, 6) is -0.0503. The molecule has 0 saturated heterocycles. The molecule has 0 aliphatic rings. The summed E-state index contributed by atoms with van der Waals surface area (Å²) in [5.41, 5.74) is 8.27. The monoisotopic (exact) mass is 270 g/mol. The van der Waals surface area contributed by atoms with Crippen molar-refractivity contribution in [3.05, 3.63) is 53.9 Å². The van der Waals surface area contributed by atoms with Gasteiger partial charge in [0.1, 0.15) is 0 Å². The van der Waals surface area contributed by atoms with Crippen LogP contribution in [0.5, 0.6) is 0 Å². The molecule has 1 aromatic carbocycles. The van der Waals surface area contributed by atoms with E-state index < -0.39 is 0 Å². The number of aryl methyl sites for hydroxylation is 1. The maximum Gasteiger partial charge on any atom is 0.246 e. The van der Waals surface area contributed by atoms with Crippen LogP contribution in [0, 0.1) is 0 Å². The Labute approximate surface area is 118 Å². The van der Waals surface area contributed by atoms with Gasteiger partial charge in [0.25, 0.3) is 0 Å². The highest BCUT2D eigenvalue weighted by atomic mass is 16.2. The Bertz CT molecular complexity index is 613. The zero-order chi connectivity index (χ0) is 14.5. The van der Waals surface area contributed by atoms with Crippen LogP contribution in [0.4, 0.5) is 5.69 Å². The highest BCUT2D eigenvalue weighted by molar-refractivity contribution is 5.91. The minimum Gasteiger partial charge on any atom is -0.399 e. The lowest BCUT2D eigenvalue weighted by Gasteiger charge is -2.13. The van der Waals surface area contributed by atoms with Crippen molar-refractivity contribution in [1.82, 2.24) is 14.7 Å². The number of carbonyl (C=O) groups excluding carboxylic acids is 1. The molecule has 0 atom stereocenters. The molecule has 0 bridgehead atoms. The Kier molecular flexibility index (Phi) is 4.20. The standard InChI is InChI=1S/C15H18N4O/c1-18(10-13-9-17-19(2)11-13)15(20)8-5-12-3-6-14(16)7-4-12/h3-9,11H,10,16H2,1-2H3/b8-5+. The van der Waals surface area contributed by atoms with Crippen molar-refractivity contribution in [2.24, 2.45) is 7.05 Å². The van der Waals surface area contributed by atoms with Gasteiger partial charge >= 0.3 is 0 Å². The molecule has 0 spiro atoms. The summed E-state index contributed by atoms with van der Waals surface area (Å²) in [7, 11) is 3.62. The third kappa shape index (κ3) is 3.71. The largest absolute Gasteiger partial charge is 0.399 e. The van der Waals surface area contributed by atoms with E-state index in [1.54, 1.807) is 35.0 Å². The third-order valence-electron chi connectivity index (χ3n) is 2.91. The lowest BCUT2D eigenvalue weighted by atomic mass is 10.2. The molecular weight excluding hydrogens is 252 g/mol. The maximum absolute atomic E-state index is 12.0. The fraction of sp³-hybridized carbons (Fsp3) is 0.200.